The SMILES string of the molecule is COc1cccc(C(=O)N[C@H](C(=O)N2CCCC2C)C(C)(C)C)c1C. The van der Waals surface area contributed by atoms with Gasteiger partial charge in [0.15, 0.2) is 0 Å². The van der Waals surface area contributed by atoms with Crippen LogP contribution in [0.4, 0.5) is 0 Å². The number of amides is 2. The topological polar surface area (TPSA) is 58.6 Å². The zero-order chi connectivity index (χ0) is 18.8. The molecule has 2 amide bonds. The van der Waals surface area contributed by atoms with Crippen molar-refractivity contribution < 1.29 is 14.3 Å². The van der Waals surface area contributed by atoms with E-state index in [-0.39, 0.29) is 23.3 Å². The van der Waals surface area contributed by atoms with Crippen LogP contribution in [-0.2, 0) is 4.79 Å². The third-order valence-corrected chi connectivity index (χ3v) is 4.97. The largest absolute Gasteiger partial charge is 0.496 e. The first kappa shape index (κ1) is 19.3. The quantitative estimate of drug-likeness (QED) is 0.911. The molecule has 5 heteroatoms. The van der Waals surface area contributed by atoms with E-state index in [1.54, 1.807) is 19.2 Å². The Hall–Kier alpha value is -2.04. The second-order valence-corrected chi connectivity index (χ2v) is 7.93. The summed E-state index contributed by atoms with van der Waals surface area (Å²) in [4.78, 5) is 27.8. The third-order valence-electron chi connectivity index (χ3n) is 4.97. The Balaban J connectivity index is 2.26. The van der Waals surface area contributed by atoms with Crippen LogP contribution >= 0.6 is 0 Å². The molecule has 1 unspecified atom stereocenters. The second-order valence-electron chi connectivity index (χ2n) is 7.93. The maximum absolute atomic E-state index is 13.1. The molecule has 5 nitrogen and oxygen atoms in total. The fourth-order valence-corrected chi connectivity index (χ4v) is 3.37. The van der Waals surface area contributed by atoms with Gasteiger partial charge in [-0.1, -0.05) is 26.8 Å². The van der Waals surface area contributed by atoms with Gasteiger partial charge in [-0.05, 0) is 44.2 Å². The van der Waals surface area contributed by atoms with Crippen molar-refractivity contribution in [2.24, 2.45) is 5.41 Å². The van der Waals surface area contributed by atoms with Crippen molar-refractivity contribution in [3.8, 4) is 5.75 Å². The molecule has 1 aliphatic rings. The highest BCUT2D eigenvalue weighted by molar-refractivity contribution is 5.99. The Kier molecular flexibility index (Phi) is 5.76. The van der Waals surface area contributed by atoms with Crippen LogP contribution in [0.25, 0.3) is 0 Å². The fraction of sp³-hybridized carbons (Fsp3) is 0.600. The minimum atomic E-state index is -0.564. The Morgan fingerprint density at radius 1 is 1.32 bits per heavy atom. The maximum Gasteiger partial charge on any atom is 0.252 e. The fourth-order valence-electron chi connectivity index (χ4n) is 3.37. The van der Waals surface area contributed by atoms with Gasteiger partial charge in [0, 0.05) is 23.7 Å². The first-order chi connectivity index (χ1) is 11.7. The van der Waals surface area contributed by atoms with Crippen LogP contribution < -0.4 is 10.1 Å². The van der Waals surface area contributed by atoms with E-state index in [1.165, 1.54) is 0 Å². The van der Waals surface area contributed by atoms with Crippen LogP contribution in [-0.4, -0.2) is 42.5 Å². The number of likely N-dealkylation sites (tertiary alicyclic amines) is 1. The van der Waals surface area contributed by atoms with Gasteiger partial charge in [0.1, 0.15) is 11.8 Å². The van der Waals surface area contributed by atoms with E-state index in [0.717, 1.165) is 24.9 Å². The van der Waals surface area contributed by atoms with Crippen LogP contribution in [0, 0.1) is 12.3 Å². The average molecular weight is 346 g/mol. The smallest absolute Gasteiger partial charge is 0.252 e. The average Bonchev–Trinajstić information content (AvgIpc) is 2.97. The third kappa shape index (κ3) is 4.14. The summed E-state index contributed by atoms with van der Waals surface area (Å²) in [7, 11) is 1.58. The number of benzene rings is 1. The highest BCUT2D eigenvalue weighted by Gasteiger charge is 2.38. The van der Waals surface area contributed by atoms with Gasteiger partial charge >= 0.3 is 0 Å². The second kappa shape index (κ2) is 7.46. The van der Waals surface area contributed by atoms with E-state index < -0.39 is 6.04 Å². The summed E-state index contributed by atoms with van der Waals surface area (Å²) in [6.07, 6.45) is 2.04. The van der Waals surface area contributed by atoms with Crippen molar-refractivity contribution >= 4 is 11.8 Å². The number of rotatable bonds is 4. The molecule has 138 valence electrons. The van der Waals surface area contributed by atoms with Gasteiger partial charge in [-0.2, -0.15) is 0 Å². The van der Waals surface area contributed by atoms with Crippen LogP contribution in [0.3, 0.4) is 0 Å². The molecule has 1 aliphatic heterocycles. The number of nitrogens with one attached hydrogen (secondary N) is 1. The van der Waals surface area contributed by atoms with Crippen molar-refractivity contribution in [2.75, 3.05) is 13.7 Å². The van der Waals surface area contributed by atoms with Crippen LogP contribution in [0.5, 0.6) is 5.75 Å². The summed E-state index contributed by atoms with van der Waals surface area (Å²) in [5.74, 6) is 0.433. The lowest BCUT2D eigenvalue weighted by Gasteiger charge is -2.35. The molecule has 0 bridgehead atoms. The van der Waals surface area contributed by atoms with Gasteiger partial charge in [0.25, 0.3) is 5.91 Å². The Morgan fingerprint density at radius 2 is 2.00 bits per heavy atom. The van der Waals surface area contributed by atoms with E-state index in [9.17, 15) is 9.59 Å². The molecule has 1 heterocycles. The van der Waals surface area contributed by atoms with E-state index in [1.807, 2.05) is 38.7 Å². The summed E-state index contributed by atoms with van der Waals surface area (Å²) < 4.78 is 5.30. The molecule has 2 rings (SSSR count). The minimum Gasteiger partial charge on any atom is -0.496 e. The van der Waals surface area contributed by atoms with Crippen molar-refractivity contribution in [3.63, 3.8) is 0 Å². The Morgan fingerprint density at radius 3 is 2.52 bits per heavy atom. The van der Waals surface area contributed by atoms with E-state index >= 15 is 0 Å². The van der Waals surface area contributed by atoms with Crippen LogP contribution in [0.15, 0.2) is 18.2 Å². The van der Waals surface area contributed by atoms with Crippen LogP contribution in [0.2, 0.25) is 0 Å². The predicted octanol–water partition coefficient (Wildman–Crippen LogP) is 3.16. The van der Waals surface area contributed by atoms with Crippen molar-refractivity contribution in [1.29, 1.82) is 0 Å². The molecule has 1 fully saturated rings. The molecule has 1 aromatic rings. The summed E-state index contributed by atoms with van der Waals surface area (Å²) >= 11 is 0. The standard InChI is InChI=1S/C20H30N2O3/c1-13-9-8-12-22(13)19(24)17(20(3,4)5)21-18(23)15-10-7-11-16(25-6)14(15)2/h7,10-11,13,17H,8-9,12H2,1-6H3,(H,21,23)/t13?,17-/m1/s1. The predicted molar refractivity (Wildman–Crippen MR) is 98.8 cm³/mol. The lowest BCUT2D eigenvalue weighted by Crippen LogP contribution is -2.55. The van der Waals surface area contributed by atoms with Gasteiger partial charge in [0.05, 0.1) is 7.11 Å². The van der Waals surface area contributed by atoms with Gasteiger partial charge < -0.3 is 15.0 Å². The van der Waals surface area contributed by atoms with E-state index in [4.69, 9.17) is 4.74 Å². The number of hydrogen-bond acceptors (Lipinski definition) is 3. The normalized spacial score (nSPS) is 18.8. The number of nitrogens with zero attached hydrogens (tertiary/aromatic N) is 1. The first-order valence-electron chi connectivity index (χ1n) is 8.91. The summed E-state index contributed by atoms with van der Waals surface area (Å²) in [6, 6.07) is 5.04. The van der Waals surface area contributed by atoms with Gasteiger partial charge in [-0.15, -0.1) is 0 Å². The molecular formula is C20H30N2O3. The highest BCUT2D eigenvalue weighted by atomic mass is 16.5. The molecule has 25 heavy (non-hydrogen) atoms. The van der Waals surface area contributed by atoms with Gasteiger partial charge in [-0.25, -0.2) is 0 Å². The molecule has 2 atom stereocenters. The molecule has 0 radical (unpaired) electrons. The van der Waals surface area contributed by atoms with Crippen LogP contribution in [0.1, 0.15) is 56.5 Å². The first-order valence-corrected chi connectivity index (χ1v) is 8.91. The monoisotopic (exact) mass is 346 g/mol. The van der Waals surface area contributed by atoms with Crippen molar-refractivity contribution in [2.45, 2.75) is 59.5 Å². The molecule has 1 aromatic carbocycles. The van der Waals surface area contributed by atoms with Crippen molar-refractivity contribution in [3.05, 3.63) is 29.3 Å². The summed E-state index contributed by atoms with van der Waals surface area (Å²) in [5.41, 5.74) is 0.940. The van der Waals surface area contributed by atoms with Crippen molar-refractivity contribution in [1.82, 2.24) is 10.2 Å². The maximum atomic E-state index is 13.1. The molecule has 0 aromatic heterocycles. The highest BCUT2D eigenvalue weighted by Crippen LogP contribution is 2.27. The Bertz CT molecular complexity index is 649. The zero-order valence-electron chi connectivity index (χ0n) is 16.2. The molecule has 0 spiro atoms. The minimum absolute atomic E-state index is 0.00593. The lowest BCUT2D eigenvalue weighted by molar-refractivity contribution is -0.136. The molecule has 1 saturated heterocycles. The summed E-state index contributed by atoms with van der Waals surface area (Å²) in [6.45, 7) is 10.6. The van der Waals surface area contributed by atoms with E-state index in [0.29, 0.717) is 11.3 Å². The van der Waals surface area contributed by atoms with Gasteiger partial charge in [-0.3, -0.25) is 9.59 Å². The number of carbonyl (C=O) groups excluding carboxylic acids is 2. The van der Waals surface area contributed by atoms with E-state index in [2.05, 4.69) is 12.2 Å². The zero-order valence-corrected chi connectivity index (χ0v) is 16.2. The summed E-state index contributed by atoms with van der Waals surface area (Å²) in [5, 5.41) is 2.98. The Labute approximate surface area is 150 Å². The number of ether oxygens (including phenoxy) is 1. The number of methoxy groups -OCH3 is 1. The lowest BCUT2D eigenvalue weighted by atomic mass is 9.85. The molecular weight excluding hydrogens is 316 g/mol. The molecule has 0 saturated carbocycles. The number of hydrogen-bond donors (Lipinski definition) is 1. The van der Waals surface area contributed by atoms with Gasteiger partial charge in [0.2, 0.25) is 5.91 Å². The molecule has 1 N–H and O–H groups in total. The number of carbonyl (C=O) groups is 2. The molecule has 0 aliphatic carbocycles.